The second-order valence-corrected chi connectivity index (χ2v) is 13.3. The summed E-state index contributed by atoms with van der Waals surface area (Å²) in [5.74, 6) is -0.738. The number of nitrogens with zero attached hydrogens (tertiary/aromatic N) is 2. The van der Waals surface area contributed by atoms with Crippen LogP contribution >= 0.6 is 11.6 Å². The monoisotopic (exact) mass is 589 g/mol. The van der Waals surface area contributed by atoms with Crippen LogP contribution in [0.25, 0.3) is 0 Å². The number of amides is 1. The molecule has 40 heavy (non-hydrogen) atoms. The summed E-state index contributed by atoms with van der Waals surface area (Å²) in [5, 5.41) is 0.384. The zero-order valence-corrected chi connectivity index (χ0v) is 23.6. The highest BCUT2D eigenvalue weighted by atomic mass is 35.5. The summed E-state index contributed by atoms with van der Waals surface area (Å²) in [7, 11) is -3.46. The maximum Gasteiger partial charge on any atom is 0.415 e. The Morgan fingerprint density at radius 3 is 2.42 bits per heavy atom. The first kappa shape index (κ1) is 28.5. The van der Waals surface area contributed by atoms with Crippen LogP contribution in [-0.2, 0) is 21.1 Å². The quantitative estimate of drug-likeness (QED) is 0.277. The van der Waals surface area contributed by atoms with E-state index in [0.717, 1.165) is 25.9 Å². The van der Waals surface area contributed by atoms with Crippen molar-refractivity contribution >= 4 is 33.2 Å². The molecule has 3 heterocycles. The number of hydrogen-bond acceptors (Lipinski definition) is 4. The number of fused-ring (bicyclic) bond motifs is 3. The normalized spacial score (nSPS) is 22.2. The topological polar surface area (TPSA) is 63.7 Å². The summed E-state index contributed by atoms with van der Waals surface area (Å²) >= 11 is 5.99. The van der Waals surface area contributed by atoms with Crippen LogP contribution in [0.15, 0.2) is 77.7 Å². The molecule has 1 atom stereocenters. The van der Waals surface area contributed by atoms with Crippen LogP contribution in [0.5, 0.6) is 0 Å². The van der Waals surface area contributed by atoms with Crippen molar-refractivity contribution in [2.24, 2.45) is 5.92 Å². The van der Waals surface area contributed by atoms with Gasteiger partial charge in [0.15, 0.2) is 15.9 Å². The Labute approximate surface area is 238 Å². The van der Waals surface area contributed by atoms with Gasteiger partial charge in [0.2, 0.25) is 0 Å². The Bertz CT molecular complexity index is 1460. The van der Waals surface area contributed by atoms with Crippen molar-refractivity contribution in [1.29, 1.82) is 0 Å². The zero-order valence-electron chi connectivity index (χ0n) is 22.0. The van der Waals surface area contributed by atoms with Crippen LogP contribution in [0.3, 0.4) is 0 Å². The first-order chi connectivity index (χ1) is 19.1. The number of carbonyl (C=O) groups excluding carboxylic acids is 1. The van der Waals surface area contributed by atoms with E-state index in [4.69, 9.17) is 16.3 Å². The number of rotatable bonds is 9. The molecule has 2 bridgehead atoms. The van der Waals surface area contributed by atoms with Crippen molar-refractivity contribution in [2.45, 2.75) is 36.8 Å². The van der Waals surface area contributed by atoms with Gasteiger partial charge in [-0.25, -0.2) is 22.0 Å². The van der Waals surface area contributed by atoms with E-state index >= 15 is 0 Å². The second kappa shape index (κ2) is 11.8. The van der Waals surface area contributed by atoms with Crippen molar-refractivity contribution in [3.63, 3.8) is 0 Å². The van der Waals surface area contributed by atoms with Gasteiger partial charge in [-0.1, -0.05) is 41.9 Å². The van der Waals surface area contributed by atoms with Gasteiger partial charge in [0.1, 0.15) is 18.2 Å². The number of para-hydroxylation sites is 1. The fraction of sp³-hybridized carbons (Fsp3) is 0.367. The van der Waals surface area contributed by atoms with Crippen molar-refractivity contribution < 1.29 is 31.2 Å². The van der Waals surface area contributed by atoms with Gasteiger partial charge in [-0.3, -0.25) is 4.90 Å². The Morgan fingerprint density at radius 2 is 1.73 bits per heavy atom. The molecule has 3 aromatic rings. The fourth-order valence-corrected chi connectivity index (χ4v) is 7.51. The number of carbonyl (C=O) groups is 1. The van der Waals surface area contributed by atoms with Gasteiger partial charge >= 0.3 is 6.09 Å². The van der Waals surface area contributed by atoms with Crippen molar-refractivity contribution in [1.82, 2.24) is 0 Å². The summed E-state index contributed by atoms with van der Waals surface area (Å²) in [4.78, 5) is 15.0. The third-order valence-corrected chi connectivity index (χ3v) is 10.1. The molecule has 0 N–H and O–H groups in total. The van der Waals surface area contributed by atoms with E-state index in [2.05, 4.69) is 0 Å². The highest BCUT2D eigenvalue weighted by Crippen LogP contribution is 2.37. The summed E-state index contributed by atoms with van der Waals surface area (Å²) < 4.78 is 60.7. The van der Waals surface area contributed by atoms with Gasteiger partial charge in [-0.2, -0.15) is 0 Å². The lowest BCUT2D eigenvalue weighted by atomic mass is 9.83. The molecule has 0 aromatic heterocycles. The van der Waals surface area contributed by atoms with Gasteiger partial charge in [0, 0.05) is 30.2 Å². The van der Waals surface area contributed by atoms with E-state index in [-0.39, 0.29) is 34.9 Å². The van der Waals surface area contributed by atoms with Crippen LogP contribution in [0.2, 0.25) is 5.02 Å². The summed E-state index contributed by atoms with van der Waals surface area (Å²) in [5.41, 5.74) is 0.730. The minimum Gasteiger partial charge on any atom is -0.440 e. The number of anilines is 1. The summed E-state index contributed by atoms with van der Waals surface area (Å²) in [6.45, 7) is 3.09. The highest BCUT2D eigenvalue weighted by molar-refractivity contribution is 7.91. The van der Waals surface area contributed by atoms with Crippen LogP contribution in [-0.4, -0.2) is 57.0 Å². The molecule has 3 aromatic carbocycles. The average molecular weight is 590 g/mol. The molecule has 212 valence electrons. The van der Waals surface area contributed by atoms with Crippen LogP contribution in [0.1, 0.15) is 24.8 Å². The van der Waals surface area contributed by atoms with Gasteiger partial charge < -0.3 is 9.22 Å². The van der Waals surface area contributed by atoms with E-state index in [0.29, 0.717) is 34.6 Å². The van der Waals surface area contributed by atoms with Gasteiger partial charge in [0.05, 0.1) is 42.5 Å². The lowest BCUT2D eigenvalue weighted by Gasteiger charge is -2.52. The van der Waals surface area contributed by atoms with Crippen LogP contribution in [0.4, 0.5) is 19.3 Å². The molecule has 0 aliphatic carbocycles. The Hall–Kier alpha value is -3.01. The molecule has 6 rings (SSSR count). The number of halogens is 3. The number of sulfone groups is 1. The number of quaternary nitrogens is 1. The molecule has 3 saturated heterocycles. The third kappa shape index (κ3) is 6.48. The second-order valence-electron chi connectivity index (χ2n) is 10.7. The Kier molecular flexibility index (Phi) is 8.44. The van der Waals surface area contributed by atoms with E-state index in [1.807, 2.05) is 0 Å². The number of benzene rings is 3. The molecule has 0 radical (unpaired) electrons. The van der Waals surface area contributed by atoms with E-state index in [1.165, 1.54) is 35.2 Å². The van der Waals surface area contributed by atoms with Crippen LogP contribution in [0, 0.1) is 17.6 Å². The molecule has 1 amide bonds. The molecule has 10 heteroatoms. The molecule has 3 aliphatic heterocycles. The van der Waals surface area contributed by atoms with Crippen molar-refractivity contribution in [3.05, 3.63) is 95.0 Å². The van der Waals surface area contributed by atoms with Crippen molar-refractivity contribution in [2.75, 3.05) is 36.8 Å². The van der Waals surface area contributed by atoms with Crippen molar-refractivity contribution in [3.8, 4) is 0 Å². The Balaban J connectivity index is 1.27. The summed E-state index contributed by atoms with van der Waals surface area (Å²) in [6.07, 6.45) is 1.20. The standard InChI is InChI=1S/C30H32ClF2N2O4S/c31-24-5-3-6-26(19-24)40(37,38)18-4-15-35-16-13-23(14-17-35)29(21-35)39-30(36)34(28-8-2-1-7-27(28)33)20-22-9-11-25(32)12-10-22/h1-3,5-12,19,23,29H,4,13-18,20-21H2/q+1/t23?,29-,35?/m0/s1. The lowest BCUT2D eigenvalue weighted by Crippen LogP contribution is -2.65. The number of ether oxygens (including phenoxy) is 1. The molecular formula is C30H32ClF2N2O4S+. The molecule has 3 fully saturated rings. The number of hydrogen-bond donors (Lipinski definition) is 0. The molecule has 3 aliphatic rings. The molecule has 6 nitrogen and oxygen atoms in total. The average Bonchev–Trinajstić information content (AvgIpc) is 2.93. The summed E-state index contributed by atoms with van der Waals surface area (Å²) in [6, 6.07) is 18.0. The molecule has 0 unspecified atom stereocenters. The Morgan fingerprint density at radius 1 is 1.00 bits per heavy atom. The highest BCUT2D eigenvalue weighted by Gasteiger charge is 2.48. The maximum atomic E-state index is 14.8. The first-order valence-electron chi connectivity index (χ1n) is 13.4. The van der Waals surface area contributed by atoms with Gasteiger partial charge in [-0.15, -0.1) is 0 Å². The first-order valence-corrected chi connectivity index (χ1v) is 15.5. The maximum absolute atomic E-state index is 14.8. The zero-order chi connectivity index (χ0) is 28.3. The van der Waals surface area contributed by atoms with E-state index < -0.39 is 27.6 Å². The minimum atomic E-state index is -3.46. The van der Waals surface area contributed by atoms with Crippen LogP contribution < -0.4 is 4.90 Å². The molecule has 0 saturated carbocycles. The van der Waals surface area contributed by atoms with E-state index in [1.54, 1.807) is 42.5 Å². The third-order valence-electron chi connectivity index (χ3n) is 8.11. The van der Waals surface area contributed by atoms with Gasteiger partial charge in [-0.05, 0) is 48.0 Å². The SMILES string of the molecule is O=C(O[C@H]1C[N+]2(CCCS(=O)(=O)c3cccc(Cl)c3)CCC1CC2)N(Cc1ccc(F)cc1)c1ccccc1F. The number of piperidine rings is 3. The minimum absolute atomic E-state index is 0.0138. The largest absolute Gasteiger partial charge is 0.440 e. The smallest absolute Gasteiger partial charge is 0.415 e. The predicted molar refractivity (Wildman–Crippen MR) is 150 cm³/mol. The van der Waals surface area contributed by atoms with E-state index in [9.17, 15) is 22.0 Å². The van der Waals surface area contributed by atoms with Gasteiger partial charge in [0.25, 0.3) is 0 Å². The lowest BCUT2D eigenvalue weighted by molar-refractivity contribution is -0.946. The molecule has 0 spiro atoms. The molecular weight excluding hydrogens is 558 g/mol. The predicted octanol–water partition coefficient (Wildman–Crippen LogP) is 6.23. The fourth-order valence-electron chi connectivity index (χ4n) is 5.92.